The third-order valence-corrected chi connectivity index (χ3v) is 5.06. The van der Waals surface area contributed by atoms with Crippen LogP contribution in [0.3, 0.4) is 0 Å². The van der Waals surface area contributed by atoms with Crippen LogP contribution in [0.1, 0.15) is 13.8 Å². The number of carbonyl (C=O) groups excluding carboxylic acids is 2. The summed E-state index contributed by atoms with van der Waals surface area (Å²) in [6, 6.07) is 9.60. The van der Waals surface area contributed by atoms with Gasteiger partial charge in [0.2, 0.25) is 11.8 Å². The van der Waals surface area contributed by atoms with E-state index in [0.29, 0.717) is 0 Å². The SMILES string of the molecule is CC1(C)C(C#N)=C(SCC(=O)Nc2ccccc2OC(F)F)NC(=O)[C@H]1C#N. The topological polar surface area (TPSA) is 115 Å². The molecule has 0 aromatic heterocycles. The molecule has 0 saturated carbocycles. The molecule has 0 aliphatic carbocycles. The Hall–Kier alpha value is -3.11. The minimum absolute atomic E-state index is 0.0699. The molecular weight excluding hydrogens is 390 g/mol. The molecule has 2 amide bonds. The number of alkyl halides is 2. The second-order valence-corrected chi connectivity index (χ2v) is 7.29. The molecule has 1 aliphatic heterocycles. The summed E-state index contributed by atoms with van der Waals surface area (Å²) in [6.45, 7) is 0.177. The van der Waals surface area contributed by atoms with Gasteiger partial charge in [-0.25, -0.2) is 0 Å². The number of amides is 2. The number of benzene rings is 1. The Kier molecular flexibility index (Phi) is 6.60. The molecule has 2 rings (SSSR count). The Balaban J connectivity index is 2.13. The number of para-hydroxylation sites is 2. The van der Waals surface area contributed by atoms with Gasteiger partial charge >= 0.3 is 6.61 Å². The van der Waals surface area contributed by atoms with Crippen molar-refractivity contribution in [3.63, 3.8) is 0 Å². The Morgan fingerprint density at radius 1 is 1.39 bits per heavy atom. The van der Waals surface area contributed by atoms with Crippen LogP contribution in [-0.4, -0.2) is 24.2 Å². The van der Waals surface area contributed by atoms with E-state index in [2.05, 4.69) is 15.4 Å². The van der Waals surface area contributed by atoms with Gasteiger partial charge in [0.05, 0.1) is 34.2 Å². The van der Waals surface area contributed by atoms with E-state index in [0.717, 1.165) is 11.8 Å². The smallest absolute Gasteiger partial charge is 0.387 e. The number of nitrogens with zero attached hydrogens (tertiary/aromatic N) is 2. The largest absolute Gasteiger partial charge is 0.433 e. The van der Waals surface area contributed by atoms with Crippen LogP contribution in [0.4, 0.5) is 14.5 Å². The minimum atomic E-state index is -3.04. The van der Waals surface area contributed by atoms with Gasteiger partial charge in [-0.3, -0.25) is 9.59 Å². The number of nitriles is 2. The summed E-state index contributed by atoms with van der Waals surface area (Å²) >= 11 is 0.910. The van der Waals surface area contributed by atoms with Gasteiger partial charge in [-0.1, -0.05) is 37.7 Å². The van der Waals surface area contributed by atoms with Crippen LogP contribution < -0.4 is 15.4 Å². The van der Waals surface area contributed by atoms with Gasteiger partial charge in [-0.15, -0.1) is 0 Å². The number of rotatable bonds is 6. The summed E-state index contributed by atoms with van der Waals surface area (Å²) in [6.07, 6.45) is 0. The maximum Gasteiger partial charge on any atom is 0.387 e. The summed E-state index contributed by atoms with van der Waals surface area (Å²) in [4.78, 5) is 24.3. The molecule has 28 heavy (non-hydrogen) atoms. The average molecular weight is 406 g/mol. The highest BCUT2D eigenvalue weighted by Crippen LogP contribution is 2.41. The quantitative estimate of drug-likeness (QED) is 0.750. The molecule has 1 aromatic carbocycles. The van der Waals surface area contributed by atoms with E-state index in [1.807, 2.05) is 12.1 Å². The molecule has 10 heteroatoms. The zero-order valence-corrected chi connectivity index (χ0v) is 15.8. The number of hydrogen-bond donors (Lipinski definition) is 2. The van der Waals surface area contributed by atoms with E-state index in [1.54, 1.807) is 19.9 Å². The van der Waals surface area contributed by atoms with E-state index in [4.69, 9.17) is 0 Å². The molecule has 1 heterocycles. The van der Waals surface area contributed by atoms with Gasteiger partial charge in [0, 0.05) is 5.41 Å². The summed E-state index contributed by atoms with van der Waals surface area (Å²) in [5, 5.41) is 23.8. The molecule has 2 N–H and O–H groups in total. The number of allylic oxidation sites excluding steroid dienone is 1. The normalized spacial score (nSPS) is 18.1. The van der Waals surface area contributed by atoms with Crippen molar-refractivity contribution in [2.45, 2.75) is 20.5 Å². The first-order valence-electron chi connectivity index (χ1n) is 8.02. The second kappa shape index (κ2) is 8.72. The van der Waals surface area contributed by atoms with E-state index >= 15 is 0 Å². The number of halogens is 2. The van der Waals surface area contributed by atoms with E-state index in [-0.39, 0.29) is 27.8 Å². The fourth-order valence-corrected chi connectivity index (χ4v) is 3.60. The molecule has 0 bridgehead atoms. The molecule has 0 saturated heterocycles. The first kappa shape index (κ1) is 21.2. The van der Waals surface area contributed by atoms with Crippen molar-refractivity contribution in [3.8, 4) is 17.9 Å². The van der Waals surface area contributed by atoms with Crippen molar-refractivity contribution < 1.29 is 23.1 Å². The zero-order chi connectivity index (χ0) is 20.9. The van der Waals surface area contributed by atoms with Crippen molar-refractivity contribution in [2.24, 2.45) is 11.3 Å². The number of ether oxygens (including phenoxy) is 1. The molecule has 1 atom stereocenters. The van der Waals surface area contributed by atoms with Crippen LogP contribution in [0, 0.1) is 34.0 Å². The second-order valence-electron chi connectivity index (χ2n) is 6.30. The molecule has 146 valence electrons. The highest BCUT2D eigenvalue weighted by molar-refractivity contribution is 8.03. The fourth-order valence-electron chi connectivity index (χ4n) is 2.63. The number of nitrogens with one attached hydrogen (secondary N) is 2. The van der Waals surface area contributed by atoms with Gasteiger partial charge in [0.1, 0.15) is 11.7 Å². The van der Waals surface area contributed by atoms with E-state index in [1.165, 1.54) is 18.2 Å². The number of hydrogen-bond acceptors (Lipinski definition) is 6. The van der Waals surface area contributed by atoms with E-state index in [9.17, 15) is 28.9 Å². The maximum atomic E-state index is 12.4. The van der Waals surface area contributed by atoms with Crippen LogP contribution >= 0.6 is 11.8 Å². The lowest BCUT2D eigenvalue weighted by Crippen LogP contribution is -2.44. The summed E-state index contributed by atoms with van der Waals surface area (Å²) < 4.78 is 29.2. The standard InChI is InChI=1S/C18H16F2N4O3S/c1-18(2)10(7-21)15(26)24-16(11(18)8-22)28-9-14(25)23-12-5-3-4-6-13(12)27-17(19)20/h3-6,10,17H,9H2,1-2H3,(H,23,25)(H,24,26)/t10-/m1/s1. The highest BCUT2D eigenvalue weighted by atomic mass is 32.2. The van der Waals surface area contributed by atoms with Gasteiger partial charge < -0.3 is 15.4 Å². The first-order chi connectivity index (χ1) is 13.2. The third-order valence-electron chi connectivity index (χ3n) is 4.06. The fraction of sp³-hybridized carbons (Fsp3) is 0.333. The summed E-state index contributed by atoms with van der Waals surface area (Å²) in [5.41, 5.74) is -0.749. The zero-order valence-electron chi connectivity index (χ0n) is 15.0. The van der Waals surface area contributed by atoms with Crippen LogP contribution in [0.5, 0.6) is 5.75 Å². The number of thioether (sulfide) groups is 1. The minimum Gasteiger partial charge on any atom is -0.433 e. The molecule has 0 spiro atoms. The van der Waals surface area contributed by atoms with Gasteiger partial charge in [-0.2, -0.15) is 19.3 Å². The van der Waals surface area contributed by atoms with Crippen molar-refractivity contribution in [2.75, 3.05) is 11.1 Å². The maximum absolute atomic E-state index is 12.4. The lowest BCUT2D eigenvalue weighted by atomic mass is 9.72. The molecule has 1 aliphatic rings. The summed E-state index contributed by atoms with van der Waals surface area (Å²) in [5.74, 6) is -2.51. The predicted octanol–water partition coefficient (Wildman–Crippen LogP) is 2.99. The number of anilines is 1. The molecule has 0 radical (unpaired) electrons. The van der Waals surface area contributed by atoms with Gasteiger partial charge in [0.15, 0.2) is 0 Å². The molecule has 7 nitrogen and oxygen atoms in total. The van der Waals surface area contributed by atoms with E-state index < -0.39 is 29.8 Å². The van der Waals surface area contributed by atoms with Crippen LogP contribution in [0.2, 0.25) is 0 Å². The van der Waals surface area contributed by atoms with Crippen LogP contribution in [0.25, 0.3) is 0 Å². The van der Waals surface area contributed by atoms with Crippen molar-refractivity contribution in [1.82, 2.24) is 5.32 Å². The molecule has 1 aromatic rings. The molecular formula is C18H16F2N4O3S. The molecule has 0 fully saturated rings. The van der Waals surface area contributed by atoms with Gasteiger partial charge in [-0.05, 0) is 12.1 Å². The first-order valence-corrected chi connectivity index (χ1v) is 9.01. The Morgan fingerprint density at radius 2 is 2.07 bits per heavy atom. The van der Waals surface area contributed by atoms with Crippen molar-refractivity contribution in [3.05, 3.63) is 34.9 Å². The Labute approximate surface area is 164 Å². The lowest BCUT2D eigenvalue weighted by Gasteiger charge is -2.34. The monoisotopic (exact) mass is 406 g/mol. The third kappa shape index (κ3) is 4.59. The Bertz CT molecular complexity index is 903. The molecule has 0 unspecified atom stereocenters. The average Bonchev–Trinajstić information content (AvgIpc) is 2.60. The van der Waals surface area contributed by atoms with Crippen LogP contribution in [-0.2, 0) is 9.59 Å². The highest BCUT2D eigenvalue weighted by Gasteiger charge is 2.44. The predicted molar refractivity (Wildman–Crippen MR) is 97.8 cm³/mol. The Morgan fingerprint density at radius 3 is 2.68 bits per heavy atom. The number of carbonyl (C=O) groups is 2. The lowest BCUT2D eigenvalue weighted by molar-refractivity contribution is -0.125. The van der Waals surface area contributed by atoms with Crippen molar-refractivity contribution >= 4 is 29.3 Å². The summed E-state index contributed by atoms with van der Waals surface area (Å²) in [7, 11) is 0. The van der Waals surface area contributed by atoms with Gasteiger partial charge in [0.25, 0.3) is 0 Å². The van der Waals surface area contributed by atoms with Crippen LogP contribution in [0.15, 0.2) is 34.9 Å². The van der Waals surface area contributed by atoms with Crippen molar-refractivity contribution in [1.29, 1.82) is 10.5 Å².